The summed E-state index contributed by atoms with van der Waals surface area (Å²) in [5.74, 6) is 1.57. The highest BCUT2D eigenvalue weighted by atomic mass is 16.7. The molecular formula is C21H16N2O2. The van der Waals surface area contributed by atoms with Gasteiger partial charge in [-0.3, -0.25) is 0 Å². The number of ether oxygens (including phenoxy) is 2. The van der Waals surface area contributed by atoms with E-state index in [1.807, 2.05) is 24.5 Å². The molecule has 0 unspecified atom stereocenters. The fourth-order valence-corrected chi connectivity index (χ4v) is 3.20. The quantitative estimate of drug-likeness (QED) is 0.556. The highest BCUT2D eigenvalue weighted by molar-refractivity contribution is 5.83. The van der Waals surface area contributed by atoms with Crippen LogP contribution in [0.25, 0.3) is 22.0 Å². The van der Waals surface area contributed by atoms with E-state index >= 15 is 0 Å². The van der Waals surface area contributed by atoms with Crippen molar-refractivity contribution in [3.63, 3.8) is 0 Å². The molecule has 0 radical (unpaired) electrons. The van der Waals surface area contributed by atoms with Gasteiger partial charge in [0.15, 0.2) is 11.5 Å². The van der Waals surface area contributed by atoms with Crippen molar-refractivity contribution in [2.45, 2.75) is 6.54 Å². The normalized spacial score (nSPS) is 12.6. The first-order valence-electron chi connectivity index (χ1n) is 8.25. The van der Waals surface area contributed by atoms with Gasteiger partial charge in [0.05, 0.1) is 12.0 Å². The van der Waals surface area contributed by atoms with E-state index < -0.39 is 0 Å². The lowest BCUT2D eigenvalue weighted by Gasteiger charge is -2.05. The molecule has 4 nitrogen and oxygen atoms in total. The Morgan fingerprint density at radius 1 is 0.880 bits per heavy atom. The number of aromatic nitrogens is 2. The molecule has 1 aliphatic rings. The van der Waals surface area contributed by atoms with E-state index in [1.165, 1.54) is 16.3 Å². The lowest BCUT2D eigenvalue weighted by molar-refractivity contribution is 0.174. The van der Waals surface area contributed by atoms with Gasteiger partial charge in [-0.05, 0) is 40.6 Å². The molecule has 1 aliphatic heterocycles. The Morgan fingerprint density at radius 3 is 2.72 bits per heavy atom. The summed E-state index contributed by atoms with van der Waals surface area (Å²) < 4.78 is 12.9. The van der Waals surface area contributed by atoms with E-state index in [-0.39, 0.29) is 6.79 Å². The van der Waals surface area contributed by atoms with Gasteiger partial charge in [0, 0.05) is 18.3 Å². The largest absolute Gasteiger partial charge is 0.454 e. The van der Waals surface area contributed by atoms with Crippen molar-refractivity contribution in [2.75, 3.05) is 6.79 Å². The van der Waals surface area contributed by atoms with Crippen molar-refractivity contribution >= 4 is 10.8 Å². The first-order chi connectivity index (χ1) is 12.3. The van der Waals surface area contributed by atoms with Gasteiger partial charge in [-0.2, -0.15) is 0 Å². The van der Waals surface area contributed by atoms with Crippen LogP contribution in [0.1, 0.15) is 5.56 Å². The van der Waals surface area contributed by atoms with Gasteiger partial charge in [0.25, 0.3) is 0 Å². The molecule has 2 heterocycles. The smallest absolute Gasteiger partial charge is 0.231 e. The molecule has 1 aromatic heterocycles. The number of rotatable bonds is 3. The number of nitrogens with zero attached hydrogens (tertiary/aromatic N) is 2. The minimum Gasteiger partial charge on any atom is -0.454 e. The molecule has 25 heavy (non-hydrogen) atoms. The summed E-state index contributed by atoms with van der Waals surface area (Å²) in [5, 5.41) is 2.52. The average molecular weight is 328 g/mol. The molecule has 0 N–H and O–H groups in total. The molecule has 0 saturated carbocycles. The maximum atomic E-state index is 5.45. The second-order valence-electron chi connectivity index (χ2n) is 6.18. The number of hydrogen-bond donors (Lipinski definition) is 0. The number of hydrogen-bond acceptors (Lipinski definition) is 3. The van der Waals surface area contributed by atoms with Crippen molar-refractivity contribution < 1.29 is 9.47 Å². The Kier molecular flexibility index (Phi) is 3.20. The van der Waals surface area contributed by atoms with E-state index in [2.05, 4.69) is 58.2 Å². The van der Waals surface area contributed by atoms with Crippen molar-refractivity contribution in [3.05, 3.63) is 78.8 Å². The molecule has 0 amide bonds. The Morgan fingerprint density at radius 2 is 1.76 bits per heavy atom. The van der Waals surface area contributed by atoms with Gasteiger partial charge >= 0.3 is 0 Å². The first-order valence-corrected chi connectivity index (χ1v) is 8.25. The topological polar surface area (TPSA) is 36.3 Å². The fraction of sp³-hybridized carbons (Fsp3) is 0.0952. The monoisotopic (exact) mass is 328 g/mol. The van der Waals surface area contributed by atoms with Crippen LogP contribution >= 0.6 is 0 Å². The van der Waals surface area contributed by atoms with E-state index in [4.69, 9.17) is 9.47 Å². The van der Waals surface area contributed by atoms with Gasteiger partial charge in [-0.15, -0.1) is 0 Å². The van der Waals surface area contributed by atoms with Gasteiger partial charge in [0.2, 0.25) is 6.79 Å². The number of imidazole rings is 1. The van der Waals surface area contributed by atoms with Gasteiger partial charge < -0.3 is 14.0 Å². The summed E-state index contributed by atoms with van der Waals surface area (Å²) in [7, 11) is 0. The third kappa shape index (κ3) is 2.62. The molecule has 4 heteroatoms. The minimum atomic E-state index is 0.287. The van der Waals surface area contributed by atoms with Gasteiger partial charge in [0.1, 0.15) is 0 Å². The zero-order chi connectivity index (χ0) is 16.6. The molecule has 122 valence electrons. The summed E-state index contributed by atoms with van der Waals surface area (Å²) in [4.78, 5) is 4.54. The van der Waals surface area contributed by atoms with Crippen LogP contribution in [0.5, 0.6) is 11.5 Å². The van der Waals surface area contributed by atoms with Crippen LogP contribution < -0.4 is 9.47 Å². The second-order valence-corrected chi connectivity index (χ2v) is 6.18. The average Bonchev–Trinajstić information content (AvgIpc) is 3.30. The maximum absolute atomic E-state index is 5.45. The maximum Gasteiger partial charge on any atom is 0.231 e. The molecule has 0 fully saturated rings. The summed E-state index contributed by atoms with van der Waals surface area (Å²) in [5.41, 5.74) is 3.22. The first kappa shape index (κ1) is 14.1. The second kappa shape index (κ2) is 5.67. The summed E-state index contributed by atoms with van der Waals surface area (Å²) >= 11 is 0. The summed E-state index contributed by atoms with van der Waals surface area (Å²) in [6.07, 6.45) is 3.93. The highest BCUT2D eigenvalue weighted by Crippen LogP contribution is 2.35. The molecule has 0 bridgehead atoms. The van der Waals surface area contributed by atoms with Crippen LogP contribution in [0.15, 0.2) is 73.2 Å². The Bertz CT molecular complexity index is 1070. The van der Waals surface area contributed by atoms with Crippen LogP contribution in [-0.2, 0) is 6.54 Å². The summed E-state index contributed by atoms with van der Waals surface area (Å²) in [6, 6.07) is 20.9. The van der Waals surface area contributed by atoms with Crippen LogP contribution in [0.4, 0.5) is 0 Å². The Balaban J connectivity index is 1.42. The summed E-state index contributed by atoms with van der Waals surface area (Å²) in [6.45, 7) is 1.08. The van der Waals surface area contributed by atoms with Crippen LogP contribution in [0.2, 0.25) is 0 Å². The van der Waals surface area contributed by atoms with E-state index in [0.29, 0.717) is 0 Å². The van der Waals surface area contributed by atoms with E-state index in [0.717, 1.165) is 29.3 Å². The lowest BCUT2D eigenvalue weighted by atomic mass is 10.1. The van der Waals surface area contributed by atoms with Gasteiger partial charge in [-0.25, -0.2) is 4.98 Å². The van der Waals surface area contributed by atoms with Crippen molar-refractivity contribution in [2.24, 2.45) is 0 Å². The SMILES string of the molecule is c1ccc2cc(Cn3cnc(-c4ccc5c(c4)OCO5)c3)ccc2c1. The third-order valence-corrected chi connectivity index (χ3v) is 4.48. The zero-order valence-corrected chi connectivity index (χ0v) is 13.6. The lowest BCUT2D eigenvalue weighted by Crippen LogP contribution is -1.96. The van der Waals surface area contributed by atoms with Gasteiger partial charge in [-0.1, -0.05) is 36.4 Å². The van der Waals surface area contributed by atoms with E-state index in [9.17, 15) is 0 Å². The molecule has 4 aromatic rings. The molecule has 0 spiro atoms. The standard InChI is InChI=1S/C21H16N2O2/c1-2-4-17-9-15(5-6-16(17)3-1)11-23-12-19(22-13-23)18-7-8-20-21(10-18)25-14-24-20/h1-10,12-13H,11,14H2. The molecule has 0 aliphatic carbocycles. The van der Waals surface area contributed by atoms with Crippen LogP contribution in [0, 0.1) is 0 Å². The predicted molar refractivity (Wildman–Crippen MR) is 96.8 cm³/mol. The molecule has 0 saturated heterocycles. The minimum absolute atomic E-state index is 0.287. The molecular weight excluding hydrogens is 312 g/mol. The predicted octanol–water partition coefficient (Wildman–Crippen LogP) is 4.48. The van der Waals surface area contributed by atoms with Crippen molar-refractivity contribution in [3.8, 4) is 22.8 Å². The van der Waals surface area contributed by atoms with Crippen LogP contribution in [-0.4, -0.2) is 16.3 Å². The number of fused-ring (bicyclic) bond motifs is 2. The van der Waals surface area contributed by atoms with E-state index in [1.54, 1.807) is 0 Å². The molecule has 0 atom stereocenters. The third-order valence-electron chi connectivity index (χ3n) is 4.48. The zero-order valence-electron chi connectivity index (χ0n) is 13.6. The molecule has 5 rings (SSSR count). The fourth-order valence-electron chi connectivity index (χ4n) is 3.20. The van der Waals surface area contributed by atoms with Crippen LogP contribution in [0.3, 0.4) is 0 Å². The Labute approximate surface area is 145 Å². The number of benzene rings is 3. The highest BCUT2D eigenvalue weighted by Gasteiger charge is 2.14. The van der Waals surface area contributed by atoms with Crippen molar-refractivity contribution in [1.29, 1.82) is 0 Å². The molecule has 3 aromatic carbocycles. The van der Waals surface area contributed by atoms with Crippen molar-refractivity contribution in [1.82, 2.24) is 9.55 Å². The Hall–Kier alpha value is -3.27.